The molecule has 2 aliphatic rings. The number of hydrogen-bond donors (Lipinski definition) is 1. The Kier molecular flexibility index (Phi) is 6.32. The molecule has 2 aliphatic heterocycles. The zero-order valence-corrected chi connectivity index (χ0v) is 17.6. The van der Waals surface area contributed by atoms with Gasteiger partial charge in [-0.2, -0.15) is 0 Å². The minimum Gasteiger partial charge on any atom is -0.457 e. The Hall–Kier alpha value is -3.19. The Bertz CT molecular complexity index is 980. The second-order valence-corrected chi connectivity index (χ2v) is 7.84. The molecule has 2 aromatic carbocycles. The summed E-state index contributed by atoms with van der Waals surface area (Å²) in [6.45, 7) is 3.00. The first-order chi connectivity index (χ1) is 15.0. The molecule has 0 aliphatic carbocycles. The van der Waals surface area contributed by atoms with Gasteiger partial charge >= 0.3 is 0 Å². The monoisotopic (exact) mass is 422 g/mol. The van der Waals surface area contributed by atoms with E-state index >= 15 is 0 Å². The van der Waals surface area contributed by atoms with Crippen LogP contribution in [0.5, 0.6) is 11.5 Å². The van der Waals surface area contributed by atoms with E-state index in [1.165, 1.54) is 4.90 Å². The minimum atomic E-state index is -0.314. The van der Waals surface area contributed by atoms with Crippen molar-refractivity contribution in [1.29, 1.82) is 0 Å². The number of ether oxygens (including phenoxy) is 2. The van der Waals surface area contributed by atoms with Crippen LogP contribution in [0.3, 0.4) is 0 Å². The van der Waals surface area contributed by atoms with Gasteiger partial charge in [0.1, 0.15) is 11.5 Å². The van der Waals surface area contributed by atoms with Crippen molar-refractivity contribution in [3.63, 3.8) is 0 Å². The number of benzene rings is 2. The third kappa shape index (κ3) is 4.77. The standard InChI is InChI=1S/C24H26N2O5/c1-2-3-6-22(27)25-16-7-9-17(10-8-16)31-18-11-12-20-21(14-18)24(29)26(23(20)28)15-19-5-4-13-30-19/h7-12,14,19H,2-6,13,15H2,1H3,(H,25,27). The van der Waals surface area contributed by atoms with E-state index in [2.05, 4.69) is 5.32 Å². The summed E-state index contributed by atoms with van der Waals surface area (Å²) in [6.07, 6.45) is 4.06. The molecule has 1 N–H and O–H groups in total. The molecule has 0 spiro atoms. The quantitative estimate of drug-likeness (QED) is 0.638. The van der Waals surface area contributed by atoms with Gasteiger partial charge < -0.3 is 14.8 Å². The molecule has 162 valence electrons. The third-order valence-corrected chi connectivity index (χ3v) is 5.48. The van der Waals surface area contributed by atoms with E-state index in [4.69, 9.17) is 9.47 Å². The molecule has 4 rings (SSSR count). The Morgan fingerprint density at radius 3 is 2.55 bits per heavy atom. The number of nitrogens with zero attached hydrogens (tertiary/aromatic N) is 1. The van der Waals surface area contributed by atoms with Gasteiger partial charge in [0, 0.05) is 18.7 Å². The van der Waals surface area contributed by atoms with Crippen LogP contribution in [-0.4, -0.2) is 41.9 Å². The van der Waals surface area contributed by atoms with Crippen LogP contribution in [0.2, 0.25) is 0 Å². The highest BCUT2D eigenvalue weighted by Crippen LogP contribution is 2.30. The fourth-order valence-corrected chi connectivity index (χ4v) is 3.79. The lowest BCUT2D eigenvalue weighted by atomic mass is 10.1. The van der Waals surface area contributed by atoms with E-state index in [1.54, 1.807) is 42.5 Å². The van der Waals surface area contributed by atoms with Crippen molar-refractivity contribution in [2.45, 2.75) is 45.1 Å². The van der Waals surface area contributed by atoms with Gasteiger partial charge in [0.05, 0.1) is 23.8 Å². The number of rotatable bonds is 8. The first-order valence-corrected chi connectivity index (χ1v) is 10.7. The second kappa shape index (κ2) is 9.31. The molecule has 7 heteroatoms. The van der Waals surface area contributed by atoms with Crippen molar-refractivity contribution < 1.29 is 23.9 Å². The van der Waals surface area contributed by atoms with Crippen LogP contribution < -0.4 is 10.1 Å². The van der Waals surface area contributed by atoms with E-state index in [0.717, 1.165) is 25.7 Å². The highest BCUT2D eigenvalue weighted by Gasteiger charge is 2.37. The zero-order chi connectivity index (χ0) is 21.8. The smallest absolute Gasteiger partial charge is 0.261 e. The van der Waals surface area contributed by atoms with E-state index in [0.29, 0.717) is 41.3 Å². The Morgan fingerprint density at radius 2 is 1.84 bits per heavy atom. The number of nitrogens with one attached hydrogen (secondary N) is 1. The molecule has 1 atom stereocenters. The maximum absolute atomic E-state index is 12.8. The first-order valence-electron chi connectivity index (χ1n) is 10.7. The molecule has 0 bridgehead atoms. The number of amides is 3. The van der Waals surface area contributed by atoms with Gasteiger partial charge in [-0.3, -0.25) is 19.3 Å². The van der Waals surface area contributed by atoms with Crippen molar-refractivity contribution in [2.75, 3.05) is 18.5 Å². The predicted octanol–water partition coefficient (Wildman–Crippen LogP) is 4.38. The van der Waals surface area contributed by atoms with Gasteiger partial charge in [-0.15, -0.1) is 0 Å². The molecule has 2 aromatic rings. The largest absolute Gasteiger partial charge is 0.457 e. The molecule has 0 saturated carbocycles. The summed E-state index contributed by atoms with van der Waals surface area (Å²) in [6, 6.07) is 11.9. The highest BCUT2D eigenvalue weighted by atomic mass is 16.5. The lowest BCUT2D eigenvalue weighted by Gasteiger charge is -2.17. The number of anilines is 1. The average Bonchev–Trinajstić information content (AvgIpc) is 3.37. The third-order valence-electron chi connectivity index (χ3n) is 5.48. The van der Waals surface area contributed by atoms with E-state index in [1.807, 2.05) is 6.92 Å². The molecule has 31 heavy (non-hydrogen) atoms. The number of carbonyl (C=O) groups is 3. The van der Waals surface area contributed by atoms with Crippen molar-refractivity contribution in [2.24, 2.45) is 0 Å². The SMILES string of the molecule is CCCCC(=O)Nc1ccc(Oc2ccc3c(c2)C(=O)N(CC2CCCO2)C3=O)cc1. The molecule has 0 radical (unpaired) electrons. The number of fused-ring (bicyclic) bond motifs is 1. The van der Waals surface area contributed by atoms with E-state index in [9.17, 15) is 14.4 Å². The van der Waals surface area contributed by atoms with Crippen molar-refractivity contribution >= 4 is 23.4 Å². The maximum Gasteiger partial charge on any atom is 0.261 e. The first kappa shape index (κ1) is 21.1. The minimum absolute atomic E-state index is 0.00937. The molecule has 1 fully saturated rings. The van der Waals surface area contributed by atoms with Crippen LogP contribution in [0.15, 0.2) is 42.5 Å². The Labute approximate surface area is 181 Å². The molecule has 2 heterocycles. The number of hydrogen-bond acceptors (Lipinski definition) is 5. The topological polar surface area (TPSA) is 84.9 Å². The van der Waals surface area contributed by atoms with Crippen molar-refractivity contribution in [1.82, 2.24) is 4.90 Å². The van der Waals surface area contributed by atoms with Crippen LogP contribution in [0.1, 0.15) is 59.7 Å². The van der Waals surface area contributed by atoms with E-state index < -0.39 is 0 Å². The highest BCUT2D eigenvalue weighted by molar-refractivity contribution is 6.21. The van der Waals surface area contributed by atoms with Crippen LogP contribution in [0.4, 0.5) is 5.69 Å². The Balaban J connectivity index is 1.41. The summed E-state index contributed by atoms with van der Waals surface area (Å²) in [5.41, 5.74) is 1.44. The van der Waals surface area contributed by atoms with Crippen molar-refractivity contribution in [3.8, 4) is 11.5 Å². The summed E-state index contributed by atoms with van der Waals surface area (Å²) in [7, 11) is 0. The summed E-state index contributed by atoms with van der Waals surface area (Å²) < 4.78 is 11.4. The molecule has 7 nitrogen and oxygen atoms in total. The zero-order valence-electron chi connectivity index (χ0n) is 17.6. The molecule has 0 aromatic heterocycles. The van der Waals surface area contributed by atoms with E-state index in [-0.39, 0.29) is 30.4 Å². The summed E-state index contributed by atoms with van der Waals surface area (Å²) >= 11 is 0. The van der Waals surface area contributed by atoms with Gasteiger partial charge in [0.15, 0.2) is 0 Å². The summed E-state index contributed by atoms with van der Waals surface area (Å²) in [4.78, 5) is 38.5. The Morgan fingerprint density at radius 1 is 1.10 bits per heavy atom. The van der Waals surface area contributed by atoms with Gasteiger partial charge in [0.2, 0.25) is 5.91 Å². The fourth-order valence-electron chi connectivity index (χ4n) is 3.79. The number of unbranched alkanes of at least 4 members (excludes halogenated alkanes) is 1. The lowest BCUT2D eigenvalue weighted by molar-refractivity contribution is -0.116. The van der Waals surface area contributed by atoms with Gasteiger partial charge in [-0.05, 0) is 61.7 Å². The van der Waals surface area contributed by atoms with Crippen LogP contribution in [0.25, 0.3) is 0 Å². The second-order valence-electron chi connectivity index (χ2n) is 7.84. The summed E-state index contributed by atoms with van der Waals surface area (Å²) in [5.74, 6) is 0.430. The lowest BCUT2D eigenvalue weighted by Crippen LogP contribution is -2.36. The predicted molar refractivity (Wildman–Crippen MR) is 115 cm³/mol. The molecule has 1 saturated heterocycles. The molecular weight excluding hydrogens is 396 g/mol. The molecular formula is C24H26N2O5. The average molecular weight is 422 g/mol. The van der Waals surface area contributed by atoms with Gasteiger partial charge in [-0.1, -0.05) is 13.3 Å². The van der Waals surface area contributed by atoms with Crippen molar-refractivity contribution in [3.05, 3.63) is 53.6 Å². The maximum atomic E-state index is 12.8. The molecule has 3 amide bonds. The van der Waals surface area contributed by atoms with Gasteiger partial charge in [0.25, 0.3) is 11.8 Å². The number of carbonyl (C=O) groups excluding carboxylic acids is 3. The van der Waals surface area contributed by atoms with Gasteiger partial charge in [-0.25, -0.2) is 0 Å². The summed E-state index contributed by atoms with van der Waals surface area (Å²) in [5, 5.41) is 2.85. The fraction of sp³-hybridized carbons (Fsp3) is 0.375. The molecule has 1 unspecified atom stereocenters. The van der Waals surface area contributed by atoms with Crippen LogP contribution >= 0.6 is 0 Å². The normalized spacial score (nSPS) is 17.7. The van der Waals surface area contributed by atoms with Crippen LogP contribution in [-0.2, 0) is 9.53 Å². The van der Waals surface area contributed by atoms with Crippen LogP contribution in [0, 0.1) is 0 Å². The number of imide groups is 1.